The maximum atomic E-state index is 12.9. The minimum atomic E-state index is -4.89. The quantitative estimate of drug-likeness (QED) is 0.0617. The van der Waals surface area contributed by atoms with Gasteiger partial charge >= 0.3 is 0 Å². The number of H-pyrrole nitrogens is 2. The van der Waals surface area contributed by atoms with E-state index in [0.717, 1.165) is 0 Å². The first-order valence-electron chi connectivity index (χ1n) is 18.7. The zero-order chi connectivity index (χ0) is 45.3. The molecule has 0 saturated carbocycles. The summed E-state index contributed by atoms with van der Waals surface area (Å²) in [5, 5.41) is 0. The number of nitrogens with one attached hydrogen (secondary N) is 2. The van der Waals surface area contributed by atoms with Gasteiger partial charge in [-0.2, -0.15) is 33.7 Å². The average molecular weight is 991 g/mol. The van der Waals surface area contributed by atoms with Crippen LogP contribution in [0.3, 0.4) is 0 Å². The summed E-state index contributed by atoms with van der Waals surface area (Å²) in [5.41, 5.74) is 1.54. The van der Waals surface area contributed by atoms with Gasteiger partial charge in [0.15, 0.2) is 0 Å². The zero-order valence-corrected chi connectivity index (χ0v) is 37.2. The van der Waals surface area contributed by atoms with E-state index in [2.05, 4.69) is 9.97 Å². The van der Waals surface area contributed by atoms with E-state index >= 15 is 0 Å². The van der Waals surface area contributed by atoms with Crippen LogP contribution in [0.4, 0.5) is 0 Å². The molecule has 330 valence electrons. The minimum absolute atomic E-state index is 0. The Bertz CT molecular complexity index is 3370. The normalized spacial score (nSPS) is 12.9. The van der Waals surface area contributed by atoms with Gasteiger partial charge in [0.1, 0.15) is 19.6 Å². The van der Waals surface area contributed by atoms with Gasteiger partial charge in [0.2, 0.25) is 0 Å². The number of fused-ring (bicyclic) bond motifs is 8. The molecule has 21 heteroatoms. The van der Waals surface area contributed by atoms with Crippen molar-refractivity contribution < 1.29 is 69.0 Å². The topological polar surface area (TPSA) is 275 Å². The molecule has 4 aromatic carbocycles. The summed E-state index contributed by atoms with van der Waals surface area (Å²) in [6.45, 7) is 0. The largest absolute Gasteiger partial charge is 0.354 e. The van der Waals surface area contributed by atoms with Crippen LogP contribution in [-0.4, -0.2) is 71.8 Å². The Morgan fingerprint density at radius 1 is 0.323 bits per heavy atom. The van der Waals surface area contributed by atoms with Crippen molar-refractivity contribution >= 4 is 86.8 Å². The molecule has 0 aliphatic carbocycles. The van der Waals surface area contributed by atoms with E-state index in [0.29, 0.717) is 0 Å². The van der Waals surface area contributed by atoms with E-state index in [9.17, 15) is 51.9 Å². The SMILES string of the molecule is O=S(=O)(O)c1ccccc1-c1c2nc(c(-c3ccccc3S(=O)(=O)O)c3ccc([nH]3)c(-c3ccccc3S(=O)(=O)O)c3nc(c(-c4ccccc4S(=O)(=O)O)c4ccc1[nH]4)C=C3)C=C2.[Fe]. The number of hydrogen-bond acceptors (Lipinski definition) is 10. The second-order valence-electron chi connectivity index (χ2n) is 14.4. The molecule has 9 rings (SSSR count). The van der Waals surface area contributed by atoms with Crippen LogP contribution in [0.2, 0.25) is 0 Å². The van der Waals surface area contributed by atoms with E-state index in [1.807, 2.05) is 0 Å². The van der Waals surface area contributed by atoms with Crippen LogP contribution in [-0.2, 0) is 57.5 Å². The van der Waals surface area contributed by atoms with Crippen LogP contribution in [0.5, 0.6) is 0 Å². The monoisotopic (exact) mass is 990 g/mol. The maximum Gasteiger partial charge on any atom is 0.295 e. The van der Waals surface area contributed by atoms with E-state index in [1.165, 1.54) is 121 Å². The first-order chi connectivity index (χ1) is 30.3. The fourth-order valence-electron chi connectivity index (χ4n) is 7.93. The molecule has 8 bridgehead atoms. The molecule has 5 heterocycles. The van der Waals surface area contributed by atoms with Crippen LogP contribution in [0.1, 0.15) is 22.8 Å². The third-order valence-electron chi connectivity index (χ3n) is 10.5. The number of nitrogens with zero attached hydrogens (tertiary/aromatic N) is 2. The van der Waals surface area contributed by atoms with Gasteiger partial charge in [-0.1, -0.05) is 72.8 Å². The Morgan fingerprint density at radius 3 is 0.723 bits per heavy atom. The van der Waals surface area contributed by atoms with E-state index in [1.54, 1.807) is 24.3 Å². The molecule has 0 amide bonds. The first kappa shape index (κ1) is 45.2. The number of rotatable bonds is 8. The molecule has 6 N–H and O–H groups in total. The number of benzene rings is 4. The summed E-state index contributed by atoms with van der Waals surface area (Å²) in [6.07, 6.45) is 6.08. The predicted molar refractivity (Wildman–Crippen MR) is 240 cm³/mol. The summed E-state index contributed by atoms with van der Waals surface area (Å²) < 4.78 is 145. The Labute approximate surface area is 381 Å². The van der Waals surface area contributed by atoms with Gasteiger partial charge in [0.05, 0.1) is 22.8 Å². The molecule has 0 unspecified atom stereocenters. The summed E-state index contributed by atoms with van der Waals surface area (Å²) in [4.78, 5) is 14.3. The molecule has 2 aliphatic rings. The molecule has 2 aliphatic heterocycles. The van der Waals surface area contributed by atoms with Gasteiger partial charge < -0.3 is 9.97 Å². The average Bonchev–Trinajstić information content (AvgIpc) is 4.08. The Balaban J connectivity index is 0.00000576. The molecular formula is C44H30FeN4O12S4. The molecule has 0 radical (unpaired) electrons. The third kappa shape index (κ3) is 8.41. The predicted octanol–water partition coefficient (Wildman–Crippen LogP) is 8.31. The Kier molecular flexibility index (Phi) is 11.5. The fourth-order valence-corrected chi connectivity index (χ4v) is 10.7. The molecular weight excluding hydrogens is 961 g/mol. The van der Waals surface area contributed by atoms with Crippen molar-refractivity contribution in [2.45, 2.75) is 19.6 Å². The minimum Gasteiger partial charge on any atom is -0.354 e. The van der Waals surface area contributed by atoms with Crippen molar-refractivity contribution in [1.82, 2.24) is 19.9 Å². The van der Waals surface area contributed by atoms with Gasteiger partial charge in [-0.15, -0.1) is 0 Å². The van der Waals surface area contributed by atoms with Crippen molar-refractivity contribution in [1.29, 1.82) is 0 Å². The van der Waals surface area contributed by atoms with E-state index < -0.39 is 60.1 Å². The number of aromatic nitrogens is 4. The third-order valence-corrected chi connectivity index (χ3v) is 14.1. The molecule has 0 spiro atoms. The van der Waals surface area contributed by atoms with Gasteiger partial charge in [0.25, 0.3) is 40.5 Å². The Hall–Kier alpha value is -6.36. The molecule has 65 heavy (non-hydrogen) atoms. The van der Waals surface area contributed by atoms with Gasteiger partial charge in [-0.25, -0.2) is 9.97 Å². The van der Waals surface area contributed by atoms with Crippen LogP contribution in [0.15, 0.2) is 141 Å². The smallest absolute Gasteiger partial charge is 0.295 e. The van der Waals surface area contributed by atoms with Crippen molar-refractivity contribution in [3.8, 4) is 44.5 Å². The van der Waals surface area contributed by atoms with Crippen molar-refractivity contribution in [3.05, 3.63) is 144 Å². The van der Waals surface area contributed by atoms with Crippen molar-refractivity contribution in [3.63, 3.8) is 0 Å². The second kappa shape index (κ2) is 16.6. The van der Waals surface area contributed by atoms with E-state index in [4.69, 9.17) is 9.97 Å². The number of hydrogen-bond donors (Lipinski definition) is 6. The van der Waals surface area contributed by atoms with Crippen molar-refractivity contribution in [2.75, 3.05) is 0 Å². The Morgan fingerprint density at radius 2 is 0.523 bits per heavy atom. The summed E-state index contributed by atoms with van der Waals surface area (Å²) in [7, 11) is -19.5. The molecule has 0 fully saturated rings. The van der Waals surface area contributed by atoms with Crippen LogP contribution < -0.4 is 0 Å². The molecule has 3 aromatic heterocycles. The van der Waals surface area contributed by atoms with Crippen LogP contribution >= 0.6 is 0 Å². The summed E-state index contributed by atoms with van der Waals surface area (Å²) >= 11 is 0. The molecule has 0 saturated heterocycles. The summed E-state index contributed by atoms with van der Waals surface area (Å²) in [6, 6.07) is 28.5. The first-order valence-corrected chi connectivity index (χ1v) is 24.5. The van der Waals surface area contributed by atoms with E-state index in [-0.39, 0.29) is 106 Å². The summed E-state index contributed by atoms with van der Waals surface area (Å²) in [5.74, 6) is 0. The van der Waals surface area contributed by atoms with Gasteiger partial charge in [-0.05, 0) is 72.8 Å². The standard InChI is InChI=1S/C44H30N4O12S4.Fe/c49-61(50,51)37-13-5-1-9-25(37)41-29-17-19-31(45-29)42(26-10-2-6-14-38(26)62(52,53)54)33-21-23-35(47-33)44(28-12-4-8-16-40(28)64(58,59)60)36-24-22-34(48-36)43(32-20-18-30(41)46-32)27-11-3-7-15-39(27)63(55,56)57;/h1-24,45,48H,(H,49,50,51)(H,52,53,54)(H,55,56,57)(H,58,59,60);. The van der Waals surface area contributed by atoms with Crippen LogP contribution in [0.25, 0.3) is 90.9 Å². The molecule has 16 nitrogen and oxygen atoms in total. The fraction of sp³-hybridized carbons (Fsp3) is 0. The number of aromatic amines is 2. The van der Waals surface area contributed by atoms with Gasteiger partial charge in [0, 0.05) is 83.6 Å². The molecule has 0 atom stereocenters. The van der Waals surface area contributed by atoms with Crippen LogP contribution in [0, 0.1) is 0 Å². The zero-order valence-electron chi connectivity index (χ0n) is 32.8. The van der Waals surface area contributed by atoms with Gasteiger partial charge in [-0.3, -0.25) is 18.2 Å². The maximum absolute atomic E-state index is 12.9. The van der Waals surface area contributed by atoms with Crippen molar-refractivity contribution in [2.24, 2.45) is 0 Å². The molecule has 7 aromatic rings. The second-order valence-corrected chi connectivity index (χ2v) is 19.9.